The minimum absolute atomic E-state index is 0.157. The van der Waals surface area contributed by atoms with Crippen LogP contribution in [-0.2, 0) is 10.3 Å². The highest BCUT2D eigenvalue weighted by Crippen LogP contribution is 2.59. The number of carboxylic acid groups (broad SMARTS) is 1. The van der Waals surface area contributed by atoms with Crippen molar-refractivity contribution < 1.29 is 32.3 Å². The van der Waals surface area contributed by atoms with Gasteiger partial charge in [-0.15, -0.1) is 0 Å². The zero-order valence-corrected chi connectivity index (χ0v) is 19.6. The molecule has 1 aliphatic heterocycles. The van der Waals surface area contributed by atoms with Crippen LogP contribution in [0.1, 0.15) is 52.5 Å². The number of nitrogens with zero attached hydrogens (tertiary/aromatic N) is 3. The topological polar surface area (TPSA) is 95.4 Å². The Morgan fingerprint density at radius 3 is 2.38 bits per heavy atom. The molecule has 2 fully saturated rings. The molecule has 37 heavy (non-hydrogen) atoms. The van der Waals surface area contributed by atoms with Gasteiger partial charge >= 0.3 is 12.1 Å². The van der Waals surface area contributed by atoms with Crippen LogP contribution >= 0.6 is 0 Å². The Kier molecular flexibility index (Phi) is 5.88. The van der Waals surface area contributed by atoms with Crippen LogP contribution in [0.5, 0.6) is 0 Å². The van der Waals surface area contributed by atoms with Crippen molar-refractivity contribution in [1.82, 2.24) is 15.3 Å². The van der Waals surface area contributed by atoms with Crippen molar-refractivity contribution in [3.63, 3.8) is 0 Å². The number of nitrogens with one attached hydrogen (secondary N) is 1. The number of alkyl halides is 3. The van der Waals surface area contributed by atoms with E-state index < -0.39 is 12.1 Å². The third kappa shape index (κ3) is 4.85. The van der Waals surface area contributed by atoms with E-state index in [1.165, 1.54) is 35.5 Å². The Morgan fingerprint density at radius 1 is 1.11 bits per heavy atom. The lowest BCUT2D eigenvalue weighted by atomic mass is 9.98. The van der Waals surface area contributed by atoms with Gasteiger partial charge in [0.1, 0.15) is 17.5 Å². The molecule has 3 aliphatic rings. The molecular formula is C26H22F4N4O3. The summed E-state index contributed by atoms with van der Waals surface area (Å²) in [5.74, 6) is -1.00. The van der Waals surface area contributed by atoms with Crippen LogP contribution in [0.2, 0.25) is 0 Å². The maximum absolute atomic E-state index is 13.2. The minimum Gasteiger partial charge on any atom is -0.475 e. The second kappa shape index (κ2) is 8.82. The summed E-state index contributed by atoms with van der Waals surface area (Å²) in [6.45, 7) is 1.91. The van der Waals surface area contributed by atoms with E-state index >= 15 is 0 Å². The number of carbonyl (C=O) groups is 2. The van der Waals surface area contributed by atoms with Gasteiger partial charge in [0.05, 0.1) is 5.54 Å². The summed E-state index contributed by atoms with van der Waals surface area (Å²) in [6, 6.07) is 14.7. The van der Waals surface area contributed by atoms with Gasteiger partial charge in [-0.1, -0.05) is 12.1 Å². The van der Waals surface area contributed by atoms with E-state index in [9.17, 15) is 22.4 Å². The zero-order chi connectivity index (χ0) is 26.5. The van der Waals surface area contributed by atoms with Crippen LogP contribution in [0, 0.1) is 12.7 Å². The average molecular weight is 514 g/mol. The van der Waals surface area contributed by atoms with Crippen molar-refractivity contribution >= 4 is 23.4 Å². The third-order valence-electron chi connectivity index (χ3n) is 6.79. The average Bonchev–Trinajstić information content (AvgIpc) is 3.77. The predicted molar refractivity (Wildman–Crippen MR) is 125 cm³/mol. The number of aryl methyl sites for hydroxylation is 1. The molecule has 0 spiro atoms. The van der Waals surface area contributed by atoms with Crippen molar-refractivity contribution in [2.24, 2.45) is 0 Å². The number of carbonyl (C=O) groups excluding carboxylic acids is 1. The van der Waals surface area contributed by atoms with Crippen LogP contribution in [-0.4, -0.2) is 39.2 Å². The number of fused-ring (bicyclic) bond motifs is 3. The molecule has 0 bridgehead atoms. The molecule has 1 aromatic heterocycles. The molecule has 2 atom stereocenters. The first-order valence-corrected chi connectivity index (χ1v) is 11.6. The molecule has 0 saturated heterocycles. The molecule has 7 nitrogen and oxygen atoms in total. The van der Waals surface area contributed by atoms with Gasteiger partial charge in [-0.3, -0.25) is 4.79 Å². The number of amides is 1. The van der Waals surface area contributed by atoms with E-state index in [0.29, 0.717) is 17.5 Å². The molecule has 2 aliphatic carbocycles. The first kappa shape index (κ1) is 24.7. The molecule has 2 saturated carbocycles. The number of aromatic nitrogens is 2. The predicted octanol–water partition coefficient (Wildman–Crippen LogP) is 4.98. The van der Waals surface area contributed by atoms with E-state index in [1.807, 2.05) is 19.2 Å². The number of benzene rings is 2. The summed E-state index contributed by atoms with van der Waals surface area (Å²) in [5, 5.41) is 10.3. The molecule has 2 aromatic carbocycles. The Balaban J connectivity index is 0.000000355. The van der Waals surface area contributed by atoms with Crippen LogP contribution in [0.4, 0.5) is 29.1 Å². The van der Waals surface area contributed by atoms with Gasteiger partial charge in [0, 0.05) is 29.4 Å². The van der Waals surface area contributed by atoms with E-state index in [-0.39, 0.29) is 17.3 Å². The lowest BCUT2D eigenvalue weighted by molar-refractivity contribution is -0.192. The molecule has 192 valence electrons. The number of anilines is 2. The summed E-state index contributed by atoms with van der Waals surface area (Å²) >= 11 is 0. The van der Waals surface area contributed by atoms with E-state index in [1.54, 1.807) is 0 Å². The van der Waals surface area contributed by atoms with Crippen molar-refractivity contribution in [3.05, 3.63) is 83.1 Å². The number of hydrogen-bond acceptors (Lipinski definition) is 5. The van der Waals surface area contributed by atoms with Crippen molar-refractivity contribution in [2.75, 3.05) is 4.90 Å². The maximum Gasteiger partial charge on any atom is 0.490 e. The molecule has 11 heteroatoms. The number of rotatable bonds is 4. The van der Waals surface area contributed by atoms with Crippen molar-refractivity contribution in [1.29, 1.82) is 0 Å². The lowest BCUT2D eigenvalue weighted by Gasteiger charge is -2.23. The lowest BCUT2D eigenvalue weighted by Crippen LogP contribution is -2.34. The summed E-state index contributed by atoms with van der Waals surface area (Å²) in [4.78, 5) is 32.8. The Labute approximate surface area is 209 Å². The van der Waals surface area contributed by atoms with Crippen LogP contribution in [0.15, 0.2) is 54.7 Å². The number of aliphatic carboxylic acids is 1. The van der Waals surface area contributed by atoms with Crippen molar-refractivity contribution in [3.8, 4) is 0 Å². The summed E-state index contributed by atoms with van der Waals surface area (Å²) < 4.78 is 44.9. The molecule has 0 radical (unpaired) electrons. The Morgan fingerprint density at radius 2 is 1.78 bits per heavy atom. The van der Waals surface area contributed by atoms with Gasteiger partial charge in [0.15, 0.2) is 0 Å². The van der Waals surface area contributed by atoms with Gasteiger partial charge in [0.2, 0.25) is 0 Å². The molecule has 1 amide bonds. The highest BCUT2D eigenvalue weighted by Gasteiger charge is 2.53. The normalized spacial score (nSPS) is 20.2. The maximum atomic E-state index is 13.2. The van der Waals surface area contributed by atoms with E-state index in [4.69, 9.17) is 9.90 Å². The fourth-order valence-electron chi connectivity index (χ4n) is 4.72. The monoisotopic (exact) mass is 514 g/mol. The first-order valence-electron chi connectivity index (χ1n) is 11.6. The molecule has 2 N–H and O–H groups in total. The smallest absolute Gasteiger partial charge is 0.475 e. The summed E-state index contributed by atoms with van der Waals surface area (Å²) in [6.07, 6.45) is -0.302. The second-order valence-electron chi connectivity index (χ2n) is 9.36. The quantitative estimate of drug-likeness (QED) is 0.477. The molecular weight excluding hydrogens is 492 g/mol. The number of hydrogen-bond donors (Lipinski definition) is 2. The van der Waals surface area contributed by atoms with E-state index in [2.05, 4.69) is 38.4 Å². The Bertz CT molecular complexity index is 1370. The molecule has 6 rings (SSSR count). The highest BCUT2D eigenvalue weighted by atomic mass is 19.4. The third-order valence-corrected chi connectivity index (χ3v) is 6.79. The van der Waals surface area contributed by atoms with E-state index in [0.717, 1.165) is 36.5 Å². The largest absolute Gasteiger partial charge is 0.490 e. The first-order chi connectivity index (χ1) is 17.5. The van der Waals surface area contributed by atoms with Gasteiger partial charge in [-0.2, -0.15) is 13.2 Å². The fourth-order valence-corrected chi connectivity index (χ4v) is 4.72. The van der Waals surface area contributed by atoms with Gasteiger partial charge in [-0.05, 0) is 73.7 Å². The fraction of sp³-hybridized carbons (Fsp3) is 0.308. The standard InChI is InChI=1S/C24H21FN4O.C2HF3O2/c1-14-26-11-8-22(27-14)29-20-7-4-16(12-18(20)19-13-21(19)29)24(9-10-24)28-23(30)15-2-5-17(25)6-3-15;3-2(4,5)1(6)7/h2-8,11-12,19,21H,9-10,13H2,1H3,(H,28,30);(H,6,7). The van der Waals surface area contributed by atoms with Gasteiger partial charge in [0.25, 0.3) is 5.91 Å². The molecule has 2 unspecified atom stereocenters. The summed E-state index contributed by atoms with van der Waals surface area (Å²) in [7, 11) is 0. The minimum atomic E-state index is -5.08. The molecule has 3 aromatic rings. The summed E-state index contributed by atoms with van der Waals surface area (Å²) in [5.41, 5.74) is 3.87. The van der Waals surface area contributed by atoms with Gasteiger partial charge < -0.3 is 15.3 Å². The second-order valence-corrected chi connectivity index (χ2v) is 9.36. The number of carboxylic acids is 1. The van der Waals surface area contributed by atoms with Crippen molar-refractivity contribution in [2.45, 2.75) is 49.9 Å². The number of halogens is 4. The zero-order valence-electron chi connectivity index (χ0n) is 19.6. The molecule has 2 heterocycles. The Hall–Kier alpha value is -4.02. The van der Waals surface area contributed by atoms with Crippen LogP contribution in [0.25, 0.3) is 0 Å². The van der Waals surface area contributed by atoms with Crippen LogP contribution in [0.3, 0.4) is 0 Å². The SMILES string of the molecule is Cc1nccc(N2c3ccc(C4(NC(=O)c5ccc(F)cc5)CC4)cc3C3CC32)n1.O=C(O)C(F)(F)F. The highest BCUT2D eigenvalue weighted by molar-refractivity contribution is 5.95. The van der Waals surface area contributed by atoms with Gasteiger partial charge in [-0.25, -0.2) is 19.2 Å². The van der Waals surface area contributed by atoms with Crippen LogP contribution < -0.4 is 10.2 Å².